The molecule has 0 unspecified atom stereocenters. The van der Waals surface area contributed by atoms with Crippen LogP contribution in [0.15, 0.2) is 36.5 Å². The van der Waals surface area contributed by atoms with Crippen molar-refractivity contribution in [2.24, 2.45) is 0 Å². The molecule has 0 aliphatic carbocycles. The van der Waals surface area contributed by atoms with E-state index in [0.717, 1.165) is 30.6 Å². The number of aromatic nitrogens is 3. The molecule has 5 heteroatoms. The number of benzene rings is 1. The normalized spacial score (nSPS) is 10.4. The van der Waals surface area contributed by atoms with Crippen molar-refractivity contribution in [2.45, 2.75) is 32.7 Å². The summed E-state index contributed by atoms with van der Waals surface area (Å²) < 4.78 is 6.70. The zero-order valence-electron chi connectivity index (χ0n) is 11.7. The molecule has 1 aromatic carbocycles. The van der Waals surface area contributed by atoms with Crippen molar-refractivity contribution in [3.8, 4) is 11.3 Å². The maximum atomic E-state index is 11.2. The lowest BCUT2D eigenvalue weighted by Crippen LogP contribution is -2.05. The molecule has 0 spiro atoms. The van der Waals surface area contributed by atoms with Crippen molar-refractivity contribution in [1.29, 1.82) is 0 Å². The molecular weight excluding hydrogens is 254 g/mol. The van der Waals surface area contributed by atoms with Crippen molar-refractivity contribution in [2.75, 3.05) is 6.61 Å². The highest BCUT2D eigenvalue weighted by atomic mass is 16.5. The predicted octanol–water partition coefficient (Wildman–Crippen LogP) is 2.68. The van der Waals surface area contributed by atoms with Gasteiger partial charge in [-0.1, -0.05) is 35.5 Å². The maximum absolute atomic E-state index is 11.2. The fourth-order valence-corrected chi connectivity index (χ4v) is 1.93. The lowest BCUT2D eigenvalue weighted by atomic mass is 10.2. The number of rotatable bonds is 7. The van der Waals surface area contributed by atoms with Crippen LogP contribution in [0.5, 0.6) is 0 Å². The highest BCUT2D eigenvalue weighted by molar-refractivity contribution is 5.69. The average Bonchev–Trinajstić information content (AvgIpc) is 2.94. The van der Waals surface area contributed by atoms with Gasteiger partial charge < -0.3 is 4.74 Å². The first-order chi connectivity index (χ1) is 9.79. The summed E-state index contributed by atoms with van der Waals surface area (Å²) in [4.78, 5) is 11.2. The summed E-state index contributed by atoms with van der Waals surface area (Å²) in [5.41, 5.74) is 1.93. The van der Waals surface area contributed by atoms with Gasteiger partial charge in [0.15, 0.2) is 0 Å². The second kappa shape index (κ2) is 7.43. The highest BCUT2D eigenvalue weighted by Crippen LogP contribution is 2.15. The number of carbonyl (C=O) groups excluding carboxylic acids is 1. The molecule has 1 heterocycles. The van der Waals surface area contributed by atoms with Crippen molar-refractivity contribution in [3.63, 3.8) is 0 Å². The first kappa shape index (κ1) is 14.2. The summed E-state index contributed by atoms with van der Waals surface area (Å²) in [6.45, 7) is 3.03. The Morgan fingerprint density at radius 3 is 2.80 bits per heavy atom. The lowest BCUT2D eigenvalue weighted by Gasteiger charge is -2.01. The van der Waals surface area contributed by atoms with Crippen molar-refractivity contribution < 1.29 is 9.53 Å². The fourth-order valence-electron chi connectivity index (χ4n) is 1.93. The molecule has 106 valence electrons. The summed E-state index contributed by atoms with van der Waals surface area (Å²) in [5, 5.41) is 8.25. The number of nitrogens with zero attached hydrogens (tertiary/aromatic N) is 3. The predicted molar refractivity (Wildman–Crippen MR) is 75.9 cm³/mol. The lowest BCUT2D eigenvalue weighted by molar-refractivity contribution is -0.143. The Balaban J connectivity index is 1.78. The van der Waals surface area contributed by atoms with Crippen LogP contribution in [0.4, 0.5) is 0 Å². The van der Waals surface area contributed by atoms with E-state index in [0.29, 0.717) is 13.0 Å². The van der Waals surface area contributed by atoms with Crippen LogP contribution in [-0.4, -0.2) is 27.6 Å². The highest BCUT2D eigenvalue weighted by Gasteiger charge is 2.04. The third-order valence-corrected chi connectivity index (χ3v) is 2.93. The van der Waals surface area contributed by atoms with E-state index in [-0.39, 0.29) is 5.97 Å². The minimum absolute atomic E-state index is 0.129. The van der Waals surface area contributed by atoms with E-state index < -0.39 is 0 Å². The Labute approximate surface area is 118 Å². The molecule has 0 atom stereocenters. The molecule has 0 fully saturated rings. The van der Waals surface area contributed by atoms with Gasteiger partial charge in [-0.05, 0) is 19.8 Å². The summed E-state index contributed by atoms with van der Waals surface area (Å²) in [5.74, 6) is -0.129. The Hall–Kier alpha value is -2.17. The minimum Gasteiger partial charge on any atom is -0.466 e. The molecule has 0 radical (unpaired) electrons. The van der Waals surface area contributed by atoms with Crippen LogP contribution in [0.25, 0.3) is 11.3 Å². The monoisotopic (exact) mass is 273 g/mol. The molecule has 5 nitrogen and oxygen atoms in total. The van der Waals surface area contributed by atoms with Crippen LogP contribution < -0.4 is 0 Å². The van der Waals surface area contributed by atoms with E-state index >= 15 is 0 Å². The number of hydrogen-bond acceptors (Lipinski definition) is 4. The zero-order chi connectivity index (χ0) is 14.2. The standard InChI is InChI=1S/C15H19N3O2/c1-2-20-15(19)10-6-7-11-18-12-14(16-17-18)13-8-4-3-5-9-13/h3-5,8-9,12H,2,6-7,10-11H2,1H3. The Bertz CT molecular complexity index is 537. The molecule has 0 aliphatic heterocycles. The SMILES string of the molecule is CCOC(=O)CCCCn1cc(-c2ccccc2)nn1. The van der Waals surface area contributed by atoms with E-state index in [4.69, 9.17) is 4.74 Å². The Morgan fingerprint density at radius 2 is 2.05 bits per heavy atom. The van der Waals surface area contributed by atoms with Gasteiger partial charge in [-0.15, -0.1) is 5.10 Å². The Morgan fingerprint density at radius 1 is 1.25 bits per heavy atom. The largest absolute Gasteiger partial charge is 0.466 e. The molecule has 0 saturated heterocycles. The van der Waals surface area contributed by atoms with Crippen molar-refractivity contribution in [3.05, 3.63) is 36.5 Å². The van der Waals surface area contributed by atoms with Crippen LogP contribution in [-0.2, 0) is 16.1 Å². The zero-order valence-corrected chi connectivity index (χ0v) is 11.7. The quantitative estimate of drug-likeness (QED) is 0.575. The molecule has 2 rings (SSSR count). The summed E-state index contributed by atoms with van der Waals surface area (Å²) in [6, 6.07) is 9.95. The van der Waals surface area contributed by atoms with Crippen LogP contribution in [0, 0.1) is 0 Å². The first-order valence-corrected chi connectivity index (χ1v) is 6.90. The summed E-state index contributed by atoms with van der Waals surface area (Å²) in [7, 11) is 0. The van der Waals surface area contributed by atoms with Gasteiger partial charge in [0.05, 0.1) is 12.8 Å². The third kappa shape index (κ3) is 4.19. The number of esters is 1. The minimum atomic E-state index is -0.129. The maximum Gasteiger partial charge on any atom is 0.305 e. The van der Waals surface area contributed by atoms with Gasteiger partial charge in [0.25, 0.3) is 0 Å². The van der Waals surface area contributed by atoms with Gasteiger partial charge in [-0.2, -0.15) is 0 Å². The van der Waals surface area contributed by atoms with E-state index in [9.17, 15) is 4.79 Å². The van der Waals surface area contributed by atoms with Crippen LogP contribution in [0.3, 0.4) is 0 Å². The van der Waals surface area contributed by atoms with Gasteiger partial charge in [0.1, 0.15) is 5.69 Å². The topological polar surface area (TPSA) is 57.0 Å². The molecule has 0 amide bonds. The van der Waals surface area contributed by atoms with Crippen molar-refractivity contribution >= 4 is 5.97 Å². The van der Waals surface area contributed by atoms with Gasteiger partial charge in [-0.3, -0.25) is 9.48 Å². The fraction of sp³-hybridized carbons (Fsp3) is 0.400. The van der Waals surface area contributed by atoms with Crippen LogP contribution >= 0.6 is 0 Å². The molecule has 0 aliphatic rings. The summed E-state index contributed by atoms with van der Waals surface area (Å²) in [6.07, 6.45) is 4.09. The van der Waals surface area contributed by atoms with Crippen LogP contribution in [0.2, 0.25) is 0 Å². The number of aryl methyl sites for hydroxylation is 1. The molecule has 0 N–H and O–H groups in total. The van der Waals surface area contributed by atoms with Gasteiger partial charge in [0, 0.05) is 18.5 Å². The summed E-state index contributed by atoms with van der Waals surface area (Å²) >= 11 is 0. The first-order valence-electron chi connectivity index (χ1n) is 6.90. The molecule has 0 saturated carbocycles. The average molecular weight is 273 g/mol. The number of carbonyl (C=O) groups is 1. The van der Waals surface area contributed by atoms with E-state index in [1.807, 2.05) is 48.1 Å². The molecule has 2 aromatic rings. The van der Waals surface area contributed by atoms with Gasteiger partial charge >= 0.3 is 5.97 Å². The second-order valence-corrected chi connectivity index (χ2v) is 4.50. The molecule has 20 heavy (non-hydrogen) atoms. The smallest absolute Gasteiger partial charge is 0.305 e. The van der Waals surface area contributed by atoms with Gasteiger partial charge in [-0.25, -0.2) is 0 Å². The molecule has 1 aromatic heterocycles. The van der Waals surface area contributed by atoms with E-state index in [2.05, 4.69) is 10.3 Å². The van der Waals surface area contributed by atoms with Crippen molar-refractivity contribution in [1.82, 2.24) is 15.0 Å². The molecule has 0 bridgehead atoms. The second-order valence-electron chi connectivity index (χ2n) is 4.50. The molecular formula is C15H19N3O2. The van der Waals surface area contributed by atoms with Gasteiger partial charge in [0.2, 0.25) is 0 Å². The Kier molecular flexibility index (Phi) is 5.29. The van der Waals surface area contributed by atoms with E-state index in [1.54, 1.807) is 0 Å². The van der Waals surface area contributed by atoms with E-state index in [1.165, 1.54) is 0 Å². The number of hydrogen-bond donors (Lipinski definition) is 0. The number of ether oxygens (including phenoxy) is 1. The number of unbranched alkanes of at least 4 members (excludes halogenated alkanes) is 1. The van der Waals surface area contributed by atoms with Crippen LogP contribution in [0.1, 0.15) is 26.2 Å². The third-order valence-electron chi connectivity index (χ3n) is 2.93.